The number of nitrogens with zero attached hydrogens (tertiary/aromatic N) is 5. The molecule has 1 saturated heterocycles. The van der Waals surface area contributed by atoms with Crippen LogP contribution in [0.5, 0.6) is 0 Å². The number of furan rings is 1. The van der Waals surface area contributed by atoms with Crippen LogP contribution in [0.25, 0.3) is 17.1 Å². The quantitative estimate of drug-likeness (QED) is 0.571. The predicted octanol–water partition coefficient (Wildman–Crippen LogP) is 2.76. The van der Waals surface area contributed by atoms with Crippen LogP contribution in [0.2, 0.25) is 0 Å². The van der Waals surface area contributed by atoms with Crippen molar-refractivity contribution in [3.63, 3.8) is 0 Å². The molecule has 0 radical (unpaired) electrons. The van der Waals surface area contributed by atoms with Gasteiger partial charge in [0.15, 0.2) is 5.76 Å². The summed E-state index contributed by atoms with van der Waals surface area (Å²) in [4.78, 5) is 31.6. The van der Waals surface area contributed by atoms with E-state index in [1.807, 2.05) is 60.0 Å². The summed E-state index contributed by atoms with van der Waals surface area (Å²) in [6.45, 7) is 8.29. The van der Waals surface area contributed by atoms with Crippen LogP contribution in [0, 0.1) is 0 Å². The Morgan fingerprint density at radius 2 is 1.72 bits per heavy atom. The second-order valence-corrected chi connectivity index (χ2v) is 7.77. The van der Waals surface area contributed by atoms with Gasteiger partial charge in [0, 0.05) is 45.3 Å². The second-order valence-electron chi connectivity index (χ2n) is 7.77. The van der Waals surface area contributed by atoms with Crippen LogP contribution >= 0.6 is 0 Å². The third kappa shape index (κ3) is 4.60. The van der Waals surface area contributed by atoms with E-state index < -0.39 is 0 Å². The number of aromatic nitrogens is 2. The molecule has 1 fully saturated rings. The summed E-state index contributed by atoms with van der Waals surface area (Å²) >= 11 is 0. The Morgan fingerprint density at radius 3 is 2.34 bits per heavy atom. The van der Waals surface area contributed by atoms with E-state index in [2.05, 4.69) is 10.00 Å². The molecule has 4 rings (SSSR count). The minimum Gasteiger partial charge on any atom is -0.463 e. The van der Waals surface area contributed by atoms with Crippen molar-refractivity contribution >= 4 is 11.8 Å². The van der Waals surface area contributed by atoms with Crippen LogP contribution < -0.4 is 0 Å². The first-order chi connectivity index (χ1) is 15.6. The fourth-order valence-corrected chi connectivity index (χ4v) is 3.98. The SMILES string of the molecule is CCN(CC)C(=O)CN1CCN(C(=O)c2cc(-c3ccco3)nn2-c2ccccc2)CC1. The number of benzene rings is 1. The Labute approximate surface area is 188 Å². The van der Waals surface area contributed by atoms with E-state index >= 15 is 0 Å². The summed E-state index contributed by atoms with van der Waals surface area (Å²) in [6.07, 6.45) is 1.59. The molecule has 1 aliphatic heterocycles. The van der Waals surface area contributed by atoms with E-state index in [1.165, 1.54) is 0 Å². The van der Waals surface area contributed by atoms with E-state index in [1.54, 1.807) is 23.1 Å². The first-order valence-corrected chi connectivity index (χ1v) is 11.1. The normalized spacial score (nSPS) is 14.5. The van der Waals surface area contributed by atoms with Gasteiger partial charge in [-0.25, -0.2) is 4.68 Å². The lowest BCUT2D eigenvalue weighted by molar-refractivity contribution is -0.132. The first-order valence-electron chi connectivity index (χ1n) is 11.1. The van der Waals surface area contributed by atoms with Crippen molar-refractivity contribution in [2.24, 2.45) is 0 Å². The molecule has 2 amide bonds. The van der Waals surface area contributed by atoms with Gasteiger partial charge in [0.05, 0.1) is 18.5 Å². The molecule has 1 aliphatic rings. The summed E-state index contributed by atoms with van der Waals surface area (Å²) in [5, 5.41) is 4.65. The predicted molar refractivity (Wildman–Crippen MR) is 122 cm³/mol. The van der Waals surface area contributed by atoms with Gasteiger partial charge in [-0.15, -0.1) is 0 Å². The Hall–Kier alpha value is -3.39. The van der Waals surface area contributed by atoms with Crippen molar-refractivity contribution in [3.8, 4) is 17.1 Å². The first kappa shape index (κ1) is 21.8. The van der Waals surface area contributed by atoms with Gasteiger partial charge in [0.25, 0.3) is 5.91 Å². The number of carbonyl (C=O) groups excluding carboxylic acids is 2. The van der Waals surface area contributed by atoms with Crippen LogP contribution in [-0.2, 0) is 4.79 Å². The van der Waals surface area contributed by atoms with Gasteiger partial charge in [-0.1, -0.05) is 18.2 Å². The topological polar surface area (TPSA) is 74.8 Å². The lowest BCUT2D eigenvalue weighted by Gasteiger charge is -2.35. The van der Waals surface area contributed by atoms with E-state index in [4.69, 9.17) is 4.42 Å². The molecule has 0 aliphatic carbocycles. The van der Waals surface area contributed by atoms with Crippen LogP contribution in [0.4, 0.5) is 0 Å². The Kier molecular flexibility index (Phi) is 6.70. The monoisotopic (exact) mass is 435 g/mol. The third-order valence-electron chi connectivity index (χ3n) is 5.84. The third-order valence-corrected chi connectivity index (χ3v) is 5.84. The molecule has 32 heavy (non-hydrogen) atoms. The summed E-state index contributed by atoms with van der Waals surface area (Å²) in [5.41, 5.74) is 1.93. The lowest BCUT2D eigenvalue weighted by atomic mass is 10.2. The Morgan fingerprint density at radius 1 is 1.00 bits per heavy atom. The number of amides is 2. The Balaban J connectivity index is 1.49. The van der Waals surface area contributed by atoms with Crippen LogP contribution in [0.3, 0.4) is 0 Å². The lowest BCUT2D eigenvalue weighted by Crippen LogP contribution is -2.51. The molecular weight excluding hydrogens is 406 g/mol. The number of para-hydroxylation sites is 1. The smallest absolute Gasteiger partial charge is 0.272 e. The number of hydrogen-bond donors (Lipinski definition) is 0. The zero-order valence-corrected chi connectivity index (χ0v) is 18.6. The molecule has 168 valence electrons. The summed E-state index contributed by atoms with van der Waals surface area (Å²) in [7, 11) is 0. The van der Waals surface area contributed by atoms with Crippen LogP contribution in [0.15, 0.2) is 59.2 Å². The molecule has 8 nitrogen and oxygen atoms in total. The number of likely N-dealkylation sites (N-methyl/N-ethyl adjacent to an activating group) is 1. The molecule has 3 aromatic rings. The van der Waals surface area contributed by atoms with E-state index in [-0.39, 0.29) is 11.8 Å². The van der Waals surface area contributed by atoms with Crippen LogP contribution in [-0.4, -0.2) is 82.1 Å². The molecule has 0 spiro atoms. The van der Waals surface area contributed by atoms with Gasteiger partial charge >= 0.3 is 0 Å². The Bertz CT molecular complexity index is 1030. The molecule has 0 atom stereocenters. The fraction of sp³-hybridized carbons (Fsp3) is 0.375. The average molecular weight is 436 g/mol. The average Bonchev–Trinajstić information content (AvgIpc) is 3.51. The number of hydrogen-bond acceptors (Lipinski definition) is 5. The van der Waals surface area contributed by atoms with Crippen molar-refractivity contribution < 1.29 is 14.0 Å². The minimum absolute atomic E-state index is 0.0751. The van der Waals surface area contributed by atoms with Gasteiger partial charge in [-0.3, -0.25) is 14.5 Å². The maximum absolute atomic E-state index is 13.4. The second kappa shape index (κ2) is 9.82. The van der Waals surface area contributed by atoms with E-state index in [0.717, 1.165) is 18.8 Å². The van der Waals surface area contributed by atoms with E-state index in [0.29, 0.717) is 49.9 Å². The molecule has 1 aromatic carbocycles. The van der Waals surface area contributed by atoms with Gasteiger partial charge in [0.2, 0.25) is 5.91 Å². The summed E-state index contributed by atoms with van der Waals surface area (Å²) < 4.78 is 7.17. The zero-order chi connectivity index (χ0) is 22.5. The molecular formula is C24H29N5O3. The van der Waals surface area contributed by atoms with Crippen molar-refractivity contribution in [1.82, 2.24) is 24.5 Å². The van der Waals surface area contributed by atoms with Gasteiger partial charge < -0.3 is 14.2 Å². The highest BCUT2D eigenvalue weighted by Gasteiger charge is 2.27. The van der Waals surface area contributed by atoms with Crippen LogP contribution in [0.1, 0.15) is 24.3 Å². The molecule has 0 bridgehead atoms. The fourth-order valence-electron chi connectivity index (χ4n) is 3.98. The maximum Gasteiger partial charge on any atom is 0.272 e. The van der Waals surface area contributed by atoms with Gasteiger partial charge in [0.1, 0.15) is 11.4 Å². The zero-order valence-electron chi connectivity index (χ0n) is 18.6. The van der Waals surface area contributed by atoms with Crippen molar-refractivity contribution in [2.45, 2.75) is 13.8 Å². The molecule has 0 N–H and O–H groups in total. The highest BCUT2D eigenvalue weighted by molar-refractivity contribution is 5.94. The largest absolute Gasteiger partial charge is 0.463 e. The standard InChI is InChI=1S/C24H29N5O3/c1-3-27(4-2)23(30)18-26-12-14-28(15-13-26)24(31)21-17-20(22-11-8-16-32-22)25-29(21)19-9-6-5-7-10-19/h5-11,16-17H,3-4,12-15,18H2,1-2H3. The maximum atomic E-state index is 13.4. The van der Waals surface area contributed by atoms with Crippen molar-refractivity contribution in [3.05, 3.63) is 60.5 Å². The highest BCUT2D eigenvalue weighted by Crippen LogP contribution is 2.23. The summed E-state index contributed by atoms with van der Waals surface area (Å²) in [6, 6.07) is 15.0. The van der Waals surface area contributed by atoms with E-state index in [9.17, 15) is 9.59 Å². The number of rotatable bonds is 7. The minimum atomic E-state index is -0.0751. The van der Waals surface area contributed by atoms with Gasteiger partial charge in [-0.2, -0.15) is 5.10 Å². The highest BCUT2D eigenvalue weighted by atomic mass is 16.3. The molecule has 3 heterocycles. The molecule has 2 aromatic heterocycles. The van der Waals surface area contributed by atoms with Crippen molar-refractivity contribution in [1.29, 1.82) is 0 Å². The van der Waals surface area contributed by atoms with Crippen molar-refractivity contribution in [2.75, 3.05) is 45.8 Å². The summed E-state index contributed by atoms with van der Waals surface area (Å²) in [5.74, 6) is 0.683. The van der Waals surface area contributed by atoms with Gasteiger partial charge in [-0.05, 0) is 38.1 Å². The molecule has 0 saturated carbocycles. The number of piperazine rings is 1. The number of carbonyl (C=O) groups is 2. The molecule has 8 heteroatoms. The molecule has 0 unspecified atom stereocenters.